The first-order valence-electron chi connectivity index (χ1n) is 5.49. The largest absolute Gasteiger partial charge is 0.334 e. The van der Waals surface area contributed by atoms with Gasteiger partial charge >= 0.3 is 6.03 Å². The first-order chi connectivity index (χ1) is 7.38. The van der Waals surface area contributed by atoms with Crippen LogP contribution in [0.15, 0.2) is 24.3 Å². The number of nitrogens with one attached hydrogen (secondary N) is 2. The average molecular weight is 220 g/mol. The number of hydrogen-bond acceptors (Lipinski definition) is 1. The smallest absolute Gasteiger partial charge is 0.315 e. The summed E-state index contributed by atoms with van der Waals surface area (Å²) in [7, 11) is 0. The predicted molar refractivity (Wildman–Crippen MR) is 66.3 cm³/mol. The van der Waals surface area contributed by atoms with Crippen molar-refractivity contribution in [2.24, 2.45) is 0 Å². The number of carbonyl (C=O) groups excluding carboxylic acids is 1. The molecule has 0 spiro atoms. The van der Waals surface area contributed by atoms with Crippen molar-refractivity contribution in [1.29, 1.82) is 0 Å². The van der Waals surface area contributed by atoms with Gasteiger partial charge in [-0.05, 0) is 38.8 Å². The monoisotopic (exact) mass is 220 g/mol. The third-order valence-corrected chi connectivity index (χ3v) is 2.19. The Morgan fingerprint density at radius 3 is 2.44 bits per heavy atom. The van der Waals surface area contributed by atoms with Crippen molar-refractivity contribution in [2.45, 2.75) is 39.8 Å². The first kappa shape index (κ1) is 12.6. The van der Waals surface area contributed by atoms with E-state index in [2.05, 4.69) is 10.6 Å². The number of amides is 2. The summed E-state index contributed by atoms with van der Waals surface area (Å²) in [4.78, 5) is 11.5. The fraction of sp³-hybridized carbons (Fsp3) is 0.462. The molecule has 0 heterocycles. The van der Waals surface area contributed by atoms with Crippen LogP contribution in [0, 0.1) is 6.92 Å². The predicted octanol–water partition coefficient (Wildman–Crippen LogP) is 2.59. The van der Waals surface area contributed by atoms with Crippen LogP contribution >= 0.6 is 0 Å². The molecule has 0 saturated heterocycles. The van der Waals surface area contributed by atoms with Crippen molar-refractivity contribution in [3.63, 3.8) is 0 Å². The molecule has 88 valence electrons. The van der Waals surface area contributed by atoms with Gasteiger partial charge in [0.05, 0.1) is 0 Å². The lowest BCUT2D eigenvalue weighted by atomic mass is 10.1. The van der Waals surface area contributed by atoms with Crippen molar-refractivity contribution in [3.05, 3.63) is 35.4 Å². The minimum Gasteiger partial charge on any atom is -0.334 e. The van der Waals surface area contributed by atoms with Gasteiger partial charge < -0.3 is 10.6 Å². The van der Waals surface area contributed by atoms with Crippen molar-refractivity contribution >= 4 is 6.03 Å². The van der Waals surface area contributed by atoms with Gasteiger partial charge in [0.1, 0.15) is 0 Å². The van der Waals surface area contributed by atoms with Crippen LogP contribution in [0.3, 0.4) is 0 Å². The maximum Gasteiger partial charge on any atom is 0.315 e. The first-order valence-corrected chi connectivity index (χ1v) is 5.49. The number of benzene rings is 1. The number of hydrogen-bond donors (Lipinski definition) is 2. The van der Waals surface area contributed by atoms with E-state index in [1.165, 1.54) is 5.56 Å². The third-order valence-electron chi connectivity index (χ3n) is 2.19. The second-order valence-corrected chi connectivity index (χ2v) is 4.98. The van der Waals surface area contributed by atoms with Crippen LogP contribution in [0.2, 0.25) is 0 Å². The second kappa shape index (κ2) is 5.01. The minimum atomic E-state index is -0.199. The molecule has 16 heavy (non-hydrogen) atoms. The number of urea groups is 1. The number of rotatable bonds is 2. The lowest BCUT2D eigenvalue weighted by Gasteiger charge is -2.21. The van der Waals surface area contributed by atoms with Gasteiger partial charge in [0.15, 0.2) is 0 Å². The fourth-order valence-corrected chi connectivity index (χ4v) is 1.37. The van der Waals surface area contributed by atoms with E-state index < -0.39 is 0 Å². The molecule has 0 bridgehead atoms. The summed E-state index contributed by atoms with van der Waals surface area (Å²) in [6.45, 7) is 8.48. The highest BCUT2D eigenvalue weighted by Gasteiger charge is 2.12. The van der Waals surface area contributed by atoms with E-state index in [0.717, 1.165) is 5.56 Å². The molecular weight excluding hydrogens is 200 g/mol. The van der Waals surface area contributed by atoms with Gasteiger partial charge in [-0.2, -0.15) is 0 Å². The normalized spacial score (nSPS) is 11.0. The zero-order valence-corrected chi connectivity index (χ0v) is 10.4. The van der Waals surface area contributed by atoms with Crippen LogP contribution in [0.25, 0.3) is 0 Å². The molecule has 2 amide bonds. The molecule has 2 N–H and O–H groups in total. The molecule has 1 aromatic carbocycles. The molecule has 0 radical (unpaired) electrons. The highest BCUT2D eigenvalue weighted by molar-refractivity contribution is 5.74. The summed E-state index contributed by atoms with van der Waals surface area (Å²) < 4.78 is 0. The van der Waals surface area contributed by atoms with Crippen molar-refractivity contribution in [1.82, 2.24) is 10.6 Å². The average Bonchev–Trinajstić information content (AvgIpc) is 2.14. The molecule has 1 aromatic rings. The molecule has 0 unspecified atom stereocenters. The van der Waals surface area contributed by atoms with E-state index in [4.69, 9.17) is 0 Å². The van der Waals surface area contributed by atoms with E-state index in [9.17, 15) is 4.79 Å². The minimum absolute atomic E-state index is 0.129. The van der Waals surface area contributed by atoms with Gasteiger partial charge in [0.25, 0.3) is 0 Å². The van der Waals surface area contributed by atoms with Crippen LogP contribution in [0.1, 0.15) is 31.9 Å². The molecule has 3 nitrogen and oxygen atoms in total. The van der Waals surface area contributed by atoms with Gasteiger partial charge in [-0.15, -0.1) is 0 Å². The van der Waals surface area contributed by atoms with Crippen LogP contribution < -0.4 is 10.6 Å². The molecule has 0 saturated carbocycles. The Hall–Kier alpha value is -1.51. The molecule has 0 aliphatic heterocycles. The summed E-state index contributed by atoms with van der Waals surface area (Å²) in [6.07, 6.45) is 0. The van der Waals surface area contributed by atoms with Gasteiger partial charge in [-0.25, -0.2) is 4.79 Å². The Morgan fingerprint density at radius 2 is 1.88 bits per heavy atom. The van der Waals surface area contributed by atoms with Crippen molar-refractivity contribution < 1.29 is 4.79 Å². The summed E-state index contributed by atoms with van der Waals surface area (Å²) in [5.41, 5.74) is 2.14. The van der Waals surface area contributed by atoms with Crippen LogP contribution in [-0.2, 0) is 6.54 Å². The SMILES string of the molecule is Cc1ccccc1CNC(=O)NC(C)(C)C. The fourth-order valence-electron chi connectivity index (χ4n) is 1.37. The Kier molecular flexibility index (Phi) is 3.93. The van der Waals surface area contributed by atoms with Crippen molar-refractivity contribution in [3.8, 4) is 0 Å². The molecule has 0 aliphatic carbocycles. The van der Waals surface area contributed by atoms with E-state index in [-0.39, 0.29) is 11.6 Å². The lowest BCUT2D eigenvalue weighted by molar-refractivity contribution is 0.231. The van der Waals surface area contributed by atoms with Crippen molar-refractivity contribution in [2.75, 3.05) is 0 Å². The molecular formula is C13H20N2O. The topological polar surface area (TPSA) is 41.1 Å². The Labute approximate surface area is 97.2 Å². The second-order valence-electron chi connectivity index (χ2n) is 4.98. The molecule has 3 heteroatoms. The summed E-state index contributed by atoms with van der Waals surface area (Å²) >= 11 is 0. The maximum atomic E-state index is 11.5. The highest BCUT2D eigenvalue weighted by atomic mass is 16.2. The van der Waals surface area contributed by atoms with Crippen LogP contribution in [0.5, 0.6) is 0 Å². The third kappa shape index (κ3) is 4.34. The summed E-state index contributed by atoms with van der Waals surface area (Å²) in [6, 6.07) is 7.90. The van der Waals surface area contributed by atoms with E-state index >= 15 is 0 Å². The summed E-state index contributed by atoms with van der Waals surface area (Å²) in [5, 5.41) is 5.71. The standard InChI is InChI=1S/C13H20N2O/c1-10-7-5-6-8-11(10)9-14-12(16)15-13(2,3)4/h5-8H,9H2,1-4H3,(H2,14,15,16). The zero-order valence-electron chi connectivity index (χ0n) is 10.4. The Morgan fingerprint density at radius 1 is 1.25 bits per heavy atom. The lowest BCUT2D eigenvalue weighted by Crippen LogP contribution is -2.46. The molecule has 0 aromatic heterocycles. The van der Waals surface area contributed by atoms with Crippen LogP contribution in [-0.4, -0.2) is 11.6 Å². The molecule has 0 aliphatic rings. The Balaban J connectivity index is 2.47. The maximum absolute atomic E-state index is 11.5. The van der Waals surface area contributed by atoms with Gasteiger partial charge in [0, 0.05) is 12.1 Å². The number of aryl methyl sites for hydroxylation is 1. The molecule has 1 rings (SSSR count). The van der Waals surface area contributed by atoms with Gasteiger partial charge in [-0.3, -0.25) is 0 Å². The summed E-state index contributed by atoms with van der Waals surface area (Å²) in [5.74, 6) is 0. The van der Waals surface area contributed by atoms with E-state index in [1.54, 1.807) is 0 Å². The quantitative estimate of drug-likeness (QED) is 0.790. The highest BCUT2D eigenvalue weighted by Crippen LogP contribution is 2.06. The zero-order chi connectivity index (χ0) is 12.2. The molecule has 0 atom stereocenters. The van der Waals surface area contributed by atoms with E-state index in [0.29, 0.717) is 6.54 Å². The van der Waals surface area contributed by atoms with Gasteiger partial charge in [-0.1, -0.05) is 24.3 Å². The van der Waals surface area contributed by atoms with E-state index in [1.807, 2.05) is 52.0 Å². The van der Waals surface area contributed by atoms with Crippen LogP contribution in [0.4, 0.5) is 4.79 Å². The number of carbonyl (C=O) groups is 1. The molecule has 0 fully saturated rings. The Bertz CT molecular complexity index is 366. The van der Waals surface area contributed by atoms with Gasteiger partial charge in [0.2, 0.25) is 0 Å².